The van der Waals surface area contributed by atoms with Gasteiger partial charge in [0.2, 0.25) is 11.8 Å². The van der Waals surface area contributed by atoms with Crippen LogP contribution in [0.15, 0.2) is 18.3 Å². The van der Waals surface area contributed by atoms with Gasteiger partial charge in [0.1, 0.15) is 17.5 Å². The highest BCUT2D eigenvalue weighted by atomic mass is 16.3. The molecule has 10 nitrogen and oxygen atoms in total. The van der Waals surface area contributed by atoms with Gasteiger partial charge >= 0.3 is 0 Å². The van der Waals surface area contributed by atoms with Crippen molar-refractivity contribution in [2.24, 2.45) is 0 Å². The summed E-state index contributed by atoms with van der Waals surface area (Å²) in [4.78, 5) is 49.8. The first-order valence-corrected chi connectivity index (χ1v) is 12.0. The number of aryl methyl sites for hydroxylation is 2. The Morgan fingerprint density at radius 2 is 1.91 bits per heavy atom. The topological polar surface area (TPSA) is 121 Å². The van der Waals surface area contributed by atoms with E-state index in [4.69, 9.17) is 4.98 Å². The fourth-order valence-electron chi connectivity index (χ4n) is 5.65. The standard InChI is InChI=1S/C24H28N6O4/c31-21-6-4-18(22(32)27-21)30-14-17-16(23(30)33)3-5-19(26-17)24(34)7-10-28(11-8-24)12-15-13-29-9-1-2-20(29)25-15/h3,5,13,18,34H,1-2,4,6-12,14H2,(H,27,31,32). The third kappa shape index (κ3) is 3.61. The number of carbonyl (C=O) groups is 3. The van der Waals surface area contributed by atoms with Crippen LogP contribution in [0.25, 0.3) is 0 Å². The maximum absolute atomic E-state index is 12.9. The molecular weight excluding hydrogens is 436 g/mol. The lowest BCUT2D eigenvalue weighted by Gasteiger charge is -2.37. The van der Waals surface area contributed by atoms with E-state index in [0.717, 1.165) is 38.3 Å². The maximum atomic E-state index is 12.9. The normalized spacial score (nSPS) is 24.3. The molecule has 2 N–H and O–H groups in total. The molecule has 178 valence electrons. The number of rotatable bonds is 4. The summed E-state index contributed by atoms with van der Waals surface area (Å²) in [5.41, 5.74) is 1.65. The smallest absolute Gasteiger partial charge is 0.256 e. The van der Waals surface area contributed by atoms with Gasteiger partial charge in [-0.2, -0.15) is 0 Å². The summed E-state index contributed by atoms with van der Waals surface area (Å²) in [7, 11) is 0. The van der Waals surface area contributed by atoms with E-state index in [-0.39, 0.29) is 24.8 Å². The summed E-state index contributed by atoms with van der Waals surface area (Å²) >= 11 is 0. The van der Waals surface area contributed by atoms with Crippen LogP contribution >= 0.6 is 0 Å². The van der Waals surface area contributed by atoms with Gasteiger partial charge in [0.25, 0.3) is 5.91 Å². The van der Waals surface area contributed by atoms with Gasteiger partial charge in [0.05, 0.1) is 29.2 Å². The number of aliphatic hydroxyl groups is 1. The van der Waals surface area contributed by atoms with Crippen molar-refractivity contribution in [1.29, 1.82) is 0 Å². The van der Waals surface area contributed by atoms with Gasteiger partial charge in [0.15, 0.2) is 0 Å². The molecule has 0 radical (unpaired) electrons. The van der Waals surface area contributed by atoms with Crippen LogP contribution in [0.1, 0.15) is 65.4 Å². The summed E-state index contributed by atoms with van der Waals surface area (Å²) in [6.45, 7) is 3.51. The lowest BCUT2D eigenvalue weighted by Crippen LogP contribution is -2.52. The highest BCUT2D eigenvalue weighted by molar-refractivity contribution is 6.05. The number of likely N-dealkylation sites (tertiary alicyclic amines) is 1. The van der Waals surface area contributed by atoms with Crippen LogP contribution in [0.3, 0.4) is 0 Å². The minimum Gasteiger partial charge on any atom is -0.383 e. The Bertz CT molecular complexity index is 1160. The molecule has 0 saturated carbocycles. The zero-order valence-corrected chi connectivity index (χ0v) is 19.0. The van der Waals surface area contributed by atoms with Gasteiger partial charge in [0, 0.05) is 45.2 Å². The van der Waals surface area contributed by atoms with E-state index in [1.54, 1.807) is 12.1 Å². The summed E-state index contributed by atoms with van der Waals surface area (Å²) in [6, 6.07) is 2.78. The van der Waals surface area contributed by atoms with Crippen molar-refractivity contribution in [3.8, 4) is 0 Å². The van der Waals surface area contributed by atoms with E-state index in [0.29, 0.717) is 36.2 Å². The minimum absolute atomic E-state index is 0.210. The van der Waals surface area contributed by atoms with Crippen LogP contribution < -0.4 is 5.32 Å². The highest BCUT2D eigenvalue weighted by Crippen LogP contribution is 2.35. The van der Waals surface area contributed by atoms with Crippen LogP contribution in [0, 0.1) is 0 Å². The van der Waals surface area contributed by atoms with Gasteiger partial charge < -0.3 is 14.6 Å². The first-order chi connectivity index (χ1) is 16.4. The second kappa shape index (κ2) is 7.99. The molecule has 34 heavy (non-hydrogen) atoms. The molecule has 3 amide bonds. The average molecular weight is 465 g/mol. The Kier molecular flexibility index (Phi) is 5.03. The van der Waals surface area contributed by atoms with Crippen molar-refractivity contribution in [2.75, 3.05) is 13.1 Å². The molecule has 6 heterocycles. The Morgan fingerprint density at radius 3 is 2.68 bits per heavy atom. The summed E-state index contributed by atoms with van der Waals surface area (Å²) in [5.74, 6) is 0.173. The number of amides is 3. The molecule has 0 aromatic carbocycles. The fourth-order valence-corrected chi connectivity index (χ4v) is 5.65. The minimum atomic E-state index is -1.05. The number of hydrogen-bond acceptors (Lipinski definition) is 7. The molecule has 0 spiro atoms. The van der Waals surface area contributed by atoms with Gasteiger partial charge in [-0.3, -0.25) is 29.6 Å². The van der Waals surface area contributed by atoms with Crippen molar-refractivity contribution < 1.29 is 19.5 Å². The van der Waals surface area contributed by atoms with Crippen molar-refractivity contribution in [1.82, 2.24) is 29.7 Å². The molecule has 4 aliphatic heterocycles. The Hall–Kier alpha value is -3.11. The fraction of sp³-hybridized carbons (Fsp3) is 0.542. The van der Waals surface area contributed by atoms with Crippen molar-refractivity contribution in [2.45, 2.75) is 69.8 Å². The highest BCUT2D eigenvalue weighted by Gasteiger charge is 2.41. The SMILES string of the molecule is O=C1CCC(N2Cc3nc(C4(O)CCN(Cc5cn6c(n5)CCC6)CC4)ccc3C2=O)C(=O)N1. The second-order valence-electron chi connectivity index (χ2n) is 9.84. The number of pyridine rings is 1. The first-order valence-electron chi connectivity index (χ1n) is 12.0. The summed E-state index contributed by atoms with van der Waals surface area (Å²) in [5, 5.41) is 13.7. The molecule has 4 aliphatic rings. The van der Waals surface area contributed by atoms with E-state index in [1.807, 2.05) is 0 Å². The van der Waals surface area contributed by atoms with Crippen molar-refractivity contribution >= 4 is 17.7 Å². The molecule has 0 bridgehead atoms. The molecule has 2 aromatic rings. The number of nitrogens with one attached hydrogen (secondary N) is 1. The van der Waals surface area contributed by atoms with Gasteiger partial charge in [-0.1, -0.05) is 0 Å². The molecule has 6 rings (SSSR count). The number of imide groups is 1. The van der Waals surface area contributed by atoms with E-state index in [1.165, 1.54) is 17.1 Å². The number of imidazole rings is 1. The first kappa shape index (κ1) is 21.4. The number of nitrogens with zero attached hydrogens (tertiary/aromatic N) is 5. The number of carbonyl (C=O) groups excluding carboxylic acids is 3. The average Bonchev–Trinajstić information content (AvgIpc) is 3.49. The Labute approximate surface area is 197 Å². The summed E-state index contributed by atoms with van der Waals surface area (Å²) in [6.07, 6.45) is 6.01. The molecule has 2 saturated heterocycles. The van der Waals surface area contributed by atoms with Crippen molar-refractivity contribution in [3.05, 3.63) is 46.8 Å². The number of piperidine rings is 2. The lowest BCUT2D eigenvalue weighted by molar-refractivity contribution is -0.136. The molecule has 2 aromatic heterocycles. The Morgan fingerprint density at radius 1 is 1.09 bits per heavy atom. The molecule has 0 aliphatic carbocycles. The van der Waals surface area contributed by atoms with Gasteiger partial charge in [-0.25, -0.2) is 4.98 Å². The molecular formula is C24H28N6O4. The largest absolute Gasteiger partial charge is 0.383 e. The molecule has 1 atom stereocenters. The Balaban J connectivity index is 1.13. The predicted molar refractivity (Wildman–Crippen MR) is 119 cm³/mol. The number of fused-ring (bicyclic) bond motifs is 2. The van der Waals surface area contributed by atoms with Crippen LogP contribution in [-0.2, 0) is 41.2 Å². The monoisotopic (exact) mass is 464 g/mol. The maximum Gasteiger partial charge on any atom is 0.256 e. The third-order valence-electron chi connectivity index (χ3n) is 7.63. The van der Waals surface area contributed by atoms with Crippen LogP contribution in [0.4, 0.5) is 0 Å². The van der Waals surface area contributed by atoms with E-state index in [2.05, 4.69) is 26.0 Å². The van der Waals surface area contributed by atoms with E-state index < -0.39 is 17.6 Å². The predicted octanol–water partition coefficient (Wildman–Crippen LogP) is 0.469. The van der Waals surface area contributed by atoms with Crippen LogP contribution in [-0.4, -0.2) is 66.3 Å². The third-order valence-corrected chi connectivity index (χ3v) is 7.63. The molecule has 10 heteroatoms. The zero-order valence-electron chi connectivity index (χ0n) is 19.0. The van der Waals surface area contributed by atoms with Gasteiger partial charge in [-0.05, 0) is 37.8 Å². The van der Waals surface area contributed by atoms with Crippen LogP contribution in [0.5, 0.6) is 0 Å². The summed E-state index contributed by atoms with van der Waals surface area (Å²) < 4.78 is 2.24. The van der Waals surface area contributed by atoms with Crippen molar-refractivity contribution in [3.63, 3.8) is 0 Å². The van der Waals surface area contributed by atoms with Gasteiger partial charge in [-0.15, -0.1) is 0 Å². The van der Waals surface area contributed by atoms with E-state index in [9.17, 15) is 19.5 Å². The van der Waals surface area contributed by atoms with Crippen LogP contribution in [0.2, 0.25) is 0 Å². The molecule has 1 unspecified atom stereocenters. The number of aromatic nitrogens is 3. The quantitative estimate of drug-likeness (QED) is 0.631. The van der Waals surface area contributed by atoms with E-state index >= 15 is 0 Å². The second-order valence-corrected chi connectivity index (χ2v) is 9.84. The zero-order chi connectivity index (χ0) is 23.4. The number of hydrogen-bond donors (Lipinski definition) is 2. The lowest BCUT2D eigenvalue weighted by atomic mass is 9.87. The molecule has 2 fully saturated rings.